The number of hydrogen-bond acceptors (Lipinski definition) is 2. The molecule has 0 aromatic heterocycles. The van der Waals surface area contributed by atoms with Gasteiger partial charge in [0.15, 0.2) is 0 Å². The third kappa shape index (κ3) is 4.40. The molecular formula is C14H11Cl2FN2O. The standard InChI is InChI=1S/C14H11Cl2FN2O/c15-9-5-10(16)7-13(6-9)18-8-14(20)19-12-3-1-11(17)2-4-12/h1-7,18H,8H2,(H,19,20). The highest BCUT2D eigenvalue weighted by Gasteiger charge is 2.04. The van der Waals surface area contributed by atoms with Gasteiger partial charge in [-0.25, -0.2) is 4.39 Å². The van der Waals surface area contributed by atoms with Crippen LogP contribution in [0.3, 0.4) is 0 Å². The summed E-state index contributed by atoms with van der Waals surface area (Å²) in [6.07, 6.45) is 0. The van der Waals surface area contributed by atoms with Gasteiger partial charge in [-0.05, 0) is 42.5 Å². The van der Waals surface area contributed by atoms with E-state index in [9.17, 15) is 9.18 Å². The van der Waals surface area contributed by atoms with E-state index >= 15 is 0 Å². The summed E-state index contributed by atoms with van der Waals surface area (Å²) in [6.45, 7) is 0.0497. The Morgan fingerprint density at radius 1 is 1.00 bits per heavy atom. The second-order valence-electron chi connectivity index (χ2n) is 4.07. The molecule has 0 spiro atoms. The predicted molar refractivity (Wildman–Crippen MR) is 80.0 cm³/mol. The maximum atomic E-state index is 12.7. The first-order valence-electron chi connectivity index (χ1n) is 5.78. The molecule has 0 fully saturated rings. The predicted octanol–water partition coefficient (Wildman–Crippen LogP) is 4.18. The zero-order chi connectivity index (χ0) is 14.5. The summed E-state index contributed by atoms with van der Waals surface area (Å²) in [6, 6.07) is 10.5. The summed E-state index contributed by atoms with van der Waals surface area (Å²) in [4.78, 5) is 11.7. The van der Waals surface area contributed by atoms with Crippen LogP contribution in [0.15, 0.2) is 42.5 Å². The fourth-order valence-electron chi connectivity index (χ4n) is 1.58. The molecule has 104 valence electrons. The highest BCUT2D eigenvalue weighted by atomic mass is 35.5. The third-order valence-corrected chi connectivity index (χ3v) is 2.88. The van der Waals surface area contributed by atoms with Crippen molar-refractivity contribution in [2.45, 2.75) is 0 Å². The SMILES string of the molecule is O=C(CNc1cc(Cl)cc(Cl)c1)Nc1ccc(F)cc1. The van der Waals surface area contributed by atoms with Crippen molar-refractivity contribution in [3.8, 4) is 0 Å². The topological polar surface area (TPSA) is 41.1 Å². The van der Waals surface area contributed by atoms with E-state index in [4.69, 9.17) is 23.2 Å². The van der Waals surface area contributed by atoms with E-state index in [1.54, 1.807) is 18.2 Å². The normalized spacial score (nSPS) is 10.2. The minimum atomic E-state index is -0.352. The van der Waals surface area contributed by atoms with E-state index < -0.39 is 0 Å². The number of anilines is 2. The lowest BCUT2D eigenvalue weighted by Crippen LogP contribution is -2.21. The van der Waals surface area contributed by atoms with Gasteiger partial charge >= 0.3 is 0 Å². The highest BCUT2D eigenvalue weighted by molar-refractivity contribution is 6.35. The Morgan fingerprint density at radius 3 is 2.20 bits per heavy atom. The van der Waals surface area contributed by atoms with Crippen LogP contribution in [0.4, 0.5) is 15.8 Å². The van der Waals surface area contributed by atoms with Crippen LogP contribution in [0.1, 0.15) is 0 Å². The quantitative estimate of drug-likeness (QED) is 0.889. The molecule has 0 heterocycles. The summed E-state index contributed by atoms with van der Waals surface area (Å²) < 4.78 is 12.7. The minimum absolute atomic E-state index is 0.0497. The van der Waals surface area contributed by atoms with Crippen LogP contribution in [0, 0.1) is 5.82 Å². The maximum absolute atomic E-state index is 12.7. The van der Waals surface area contributed by atoms with Crippen molar-refractivity contribution in [3.05, 3.63) is 58.3 Å². The van der Waals surface area contributed by atoms with E-state index in [0.29, 0.717) is 21.4 Å². The van der Waals surface area contributed by atoms with Crippen molar-refractivity contribution in [2.24, 2.45) is 0 Å². The van der Waals surface area contributed by atoms with Crippen LogP contribution in [0.5, 0.6) is 0 Å². The molecule has 0 aliphatic rings. The van der Waals surface area contributed by atoms with Crippen molar-refractivity contribution in [1.29, 1.82) is 0 Å². The Hall–Kier alpha value is -1.78. The van der Waals surface area contributed by atoms with E-state index in [-0.39, 0.29) is 18.3 Å². The van der Waals surface area contributed by atoms with Gasteiger partial charge in [0.1, 0.15) is 5.82 Å². The number of carbonyl (C=O) groups is 1. The van der Waals surface area contributed by atoms with Gasteiger partial charge in [-0.3, -0.25) is 4.79 Å². The Balaban J connectivity index is 1.90. The zero-order valence-electron chi connectivity index (χ0n) is 10.3. The number of rotatable bonds is 4. The van der Waals surface area contributed by atoms with E-state index in [1.165, 1.54) is 24.3 Å². The van der Waals surface area contributed by atoms with Gasteiger partial charge in [-0.2, -0.15) is 0 Å². The molecule has 1 amide bonds. The molecule has 0 aliphatic heterocycles. The smallest absolute Gasteiger partial charge is 0.243 e. The summed E-state index contributed by atoms with van der Waals surface area (Å²) in [5.74, 6) is -0.609. The van der Waals surface area contributed by atoms with Crippen LogP contribution < -0.4 is 10.6 Å². The molecule has 6 heteroatoms. The van der Waals surface area contributed by atoms with Gasteiger partial charge in [0.2, 0.25) is 5.91 Å². The Morgan fingerprint density at radius 2 is 1.60 bits per heavy atom. The molecule has 0 saturated heterocycles. The third-order valence-electron chi connectivity index (χ3n) is 2.44. The second-order valence-corrected chi connectivity index (χ2v) is 4.94. The first kappa shape index (κ1) is 14.6. The van der Waals surface area contributed by atoms with Crippen molar-refractivity contribution in [2.75, 3.05) is 17.2 Å². The molecule has 0 unspecified atom stereocenters. The summed E-state index contributed by atoms with van der Waals surface area (Å²) in [5.41, 5.74) is 1.18. The van der Waals surface area contributed by atoms with E-state index in [0.717, 1.165) is 0 Å². The fourth-order valence-corrected chi connectivity index (χ4v) is 2.10. The van der Waals surface area contributed by atoms with Crippen LogP contribution in [0.25, 0.3) is 0 Å². The van der Waals surface area contributed by atoms with Gasteiger partial charge in [0.05, 0.1) is 6.54 Å². The number of hydrogen-bond donors (Lipinski definition) is 2. The fraction of sp³-hybridized carbons (Fsp3) is 0.0714. The van der Waals surface area contributed by atoms with Crippen LogP contribution in [-0.2, 0) is 4.79 Å². The minimum Gasteiger partial charge on any atom is -0.376 e. The number of carbonyl (C=O) groups excluding carboxylic acids is 1. The molecule has 2 aromatic rings. The monoisotopic (exact) mass is 312 g/mol. The zero-order valence-corrected chi connectivity index (χ0v) is 11.8. The molecule has 0 atom stereocenters. The number of amides is 1. The van der Waals surface area contributed by atoms with Crippen molar-refractivity contribution >= 4 is 40.5 Å². The first-order chi connectivity index (χ1) is 9.52. The van der Waals surface area contributed by atoms with Gasteiger partial charge in [-0.1, -0.05) is 23.2 Å². The molecule has 0 aliphatic carbocycles. The lowest BCUT2D eigenvalue weighted by atomic mass is 10.3. The molecule has 3 nitrogen and oxygen atoms in total. The van der Waals surface area contributed by atoms with Gasteiger partial charge < -0.3 is 10.6 Å². The lowest BCUT2D eigenvalue weighted by molar-refractivity contribution is -0.114. The average molecular weight is 313 g/mol. The van der Waals surface area contributed by atoms with E-state index in [2.05, 4.69) is 10.6 Å². The molecule has 2 N–H and O–H groups in total. The Bertz CT molecular complexity index is 597. The molecular weight excluding hydrogens is 302 g/mol. The molecule has 2 rings (SSSR count). The largest absolute Gasteiger partial charge is 0.376 e. The number of benzene rings is 2. The van der Waals surface area contributed by atoms with Crippen LogP contribution in [-0.4, -0.2) is 12.5 Å². The molecule has 20 heavy (non-hydrogen) atoms. The number of halogens is 3. The van der Waals surface area contributed by atoms with Crippen LogP contribution >= 0.6 is 23.2 Å². The van der Waals surface area contributed by atoms with Gasteiger partial charge in [0, 0.05) is 21.4 Å². The summed E-state index contributed by atoms with van der Waals surface area (Å²) in [7, 11) is 0. The molecule has 0 radical (unpaired) electrons. The molecule has 0 bridgehead atoms. The van der Waals surface area contributed by atoms with Gasteiger partial charge in [0.25, 0.3) is 0 Å². The lowest BCUT2D eigenvalue weighted by Gasteiger charge is -2.08. The Labute approximate surface area is 125 Å². The van der Waals surface area contributed by atoms with Crippen molar-refractivity contribution in [3.63, 3.8) is 0 Å². The Kier molecular flexibility index (Phi) is 4.82. The second kappa shape index (κ2) is 6.59. The average Bonchev–Trinajstić information content (AvgIpc) is 2.38. The number of nitrogens with one attached hydrogen (secondary N) is 2. The summed E-state index contributed by atoms with van der Waals surface area (Å²) in [5, 5.41) is 6.51. The molecule has 2 aromatic carbocycles. The van der Waals surface area contributed by atoms with Gasteiger partial charge in [-0.15, -0.1) is 0 Å². The molecule has 0 saturated carbocycles. The van der Waals surface area contributed by atoms with Crippen LogP contribution in [0.2, 0.25) is 10.0 Å². The van der Waals surface area contributed by atoms with Crippen molar-refractivity contribution < 1.29 is 9.18 Å². The van der Waals surface area contributed by atoms with E-state index in [1.807, 2.05) is 0 Å². The highest BCUT2D eigenvalue weighted by Crippen LogP contribution is 2.22. The van der Waals surface area contributed by atoms with Crippen molar-refractivity contribution in [1.82, 2.24) is 0 Å². The maximum Gasteiger partial charge on any atom is 0.243 e. The summed E-state index contributed by atoms with van der Waals surface area (Å²) >= 11 is 11.7. The first-order valence-corrected chi connectivity index (χ1v) is 6.54.